The molecule has 0 spiro atoms. The fraction of sp³-hybridized carbons (Fsp3) is 0.0500. The van der Waals surface area contributed by atoms with Gasteiger partial charge in [0.15, 0.2) is 6.61 Å². The van der Waals surface area contributed by atoms with Crippen molar-refractivity contribution in [1.82, 2.24) is 0 Å². The van der Waals surface area contributed by atoms with Crippen molar-refractivity contribution in [3.8, 4) is 0 Å². The average molecular weight is 380 g/mol. The van der Waals surface area contributed by atoms with Crippen molar-refractivity contribution in [3.05, 3.63) is 82.6 Å². The molecule has 1 heterocycles. The van der Waals surface area contributed by atoms with Gasteiger partial charge in [0.25, 0.3) is 11.8 Å². The fourth-order valence-electron chi connectivity index (χ4n) is 2.22. The Labute approximate surface area is 159 Å². The number of esters is 1. The average Bonchev–Trinajstić information content (AvgIpc) is 3.22. The number of amides is 2. The van der Waals surface area contributed by atoms with E-state index in [-0.39, 0.29) is 18.1 Å². The van der Waals surface area contributed by atoms with Gasteiger partial charge in [-0.2, -0.15) is 0 Å². The summed E-state index contributed by atoms with van der Waals surface area (Å²) in [5.41, 5.74) is 1.48. The molecule has 0 bridgehead atoms. The van der Waals surface area contributed by atoms with Crippen molar-refractivity contribution < 1.29 is 19.1 Å². The second-order valence-electron chi connectivity index (χ2n) is 5.50. The highest BCUT2D eigenvalue weighted by Crippen LogP contribution is 2.15. The number of carbonyl (C=O) groups is 3. The summed E-state index contributed by atoms with van der Waals surface area (Å²) >= 11 is 1.34. The van der Waals surface area contributed by atoms with Crippen molar-refractivity contribution in [2.45, 2.75) is 0 Å². The van der Waals surface area contributed by atoms with Crippen molar-refractivity contribution in [2.75, 3.05) is 17.2 Å². The molecule has 0 aliphatic rings. The Morgan fingerprint density at radius 2 is 1.52 bits per heavy atom. The lowest BCUT2D eigenvalue weighted by molar-refractivity contribution is -0.119. The lowest BCUT2D eigenvalue weighted by Crippen LogP contribution is -2.20. The van der Waals surface area contributed by atoms with Crippen LogP contribution >= 0.6 is 11.3 Å². The molecule has 27 heavy (non-hydrogen) atoms. The molecule has 6 nitrogen and oxygen atoms in total. The molecule has 0 atom stereocenters. The molecule has 2 amide bonds. The van der Waals surface area contributed by atoms with Crippen LogP contribution in [0.4, 0.5) is 11.4 Å². The van der Waals surface area contributed by atoms with Crippen LogP contribution in [0.2, 0.25) is 0 Å². The van der Waals surface area contributed by atoms with Crippen LogP contribution in [0.1, 0.15) is 20.0 Å². The van der Waals surface area contributed by atoms with Crippen LogP contribution in [0, 0.1) is 0 Å². The van der Waals surface area contributed by atoms with Crippen LogP contribution in [-0.2, 0) is 9.53 Å². The Balaban J connectivity index is 1.50. The zero-order valence-corrected chi connectivity index (χ0v) is 15.0. The van der Waals surface area contributed by atoms with Gasteiger partial charge in [-0.1, -0.05) is 24.3 Å². The van der Waals surface area contributed by atoms with Crippen molar-refractivity contribution in [3.63, 3.8) is 0 Å². The SMILES string of the molecule is O=C(COC(=O)c1ccc(NC(=O)c2cccs2)cc1)Nc1ccccc1. The topological polar surface area (TPSA) is 84.5 Å². The second kappa shape index (κ2) is 8.77. The van der Waals surface area contributed by atoms with Gasteiger partial charge in [-0.15, -0.1) is 11.3 Å². The minimum Gasteiger partial charge on any atom is -0.452 e. The summed E-state index contributed by atoms with van der Waals surface area (Å²) in [7, 11) is 0. The molecule has 1 aromatic heterocycles. The van der Waals surface area contributed by atoms with Gasteiger partial charge in [0, 0.05) is 11.4 Å². The van der Waals surface area contributed by atoms with Crippen LogP contribution in [-0.4, -0.2) is 24.4 Å². The zero-order chi connectivity index (χ0) is 19.1. The maximum Gasteiger partial charge on any atom is 0.338 e. The summed E-state index contributed by atoms with van der Waals surface area (Å²) in [6.07, 6.45) is 0. The molecular formula is C20H16N2O4S. The summed E-state index contributed by atoms with van der Waals surface area (Å²) in [6, 6.07) is 18.7. The van der Waals surface area contributed by atoms with Gasteiger partial charge in [-0.3, -0.25) is 9.59 Å². The molecule has 3 rings (SSSR count). The van der Waals surface area contributed by atoms with Gasteiger partial charge in [0.2, 0.25) is 0 Å². The van der Waals surface area contributed by atoms with Crippen LogP contribution < -0.4 is 10.6 Å². The monoisotopic (exact) mass is 380 g/mol. The lowest BCUT2D eigenvalue weighted by atomic mass is 10.2. The van der Waals surface area contributed by atoms with E-state index in [1.54, 1.807) is 48.5 Å². The first-order valence-corrected chi connectivity index (χ1v) is 8.97. The maximum absolute atomic E-state index is 12.0. The molecule has 3 aromatic rings. The number of hydrogen-bond donors (Lipinski definition) is 2. The van der Waals surface area contributed by atoms with E-state index in [1.165, 1.54) is 23.5 Å². The fourth-order valence-corrected chi connectivity index (χ4v) is 2.84. The highest BCUT2D eigenvalue weighted by molar-refractivity contribution is 7.12. The van der Waals surface area contributed by atoms with E-state index in [4.69, 9.17) is 4.74 Å². The third kappa shape index (κ3) is 5.26. The predicted octanol–water partition coefficient (Wildman–Crippen LogP) is 3.80. The highest BCUT2D eigenvalue weighted by Gasteiger charge is 2.11. The number of para-hydroxylation sites is 1. The van der Waals surface area contributed by atoms with Gasteiger partial charge in [0.1, 0.15) is 0 Å². The van der Waals surface area contributed by atoms with E-state index in [0.717, 1.165) is 0 Å². The first-order chi connectivity index (χ1) is 13.1. The van der Waals surface area contributed by atoms with E-state index in [0.29, 0.717) is 16.3 Å². The first kappa shape index (κ1) is 18.3. The molecular weight excluding hydrogens is 364 g/mol. The first-order valence-electron chi connectivity index (χ1n) is 8.09. The van der Waals surface area contributed by atoms with Crippen LogP contribution in [0.3, 0.4) is 0 Å². The molecule has 2 N–H and O–H groups in total. The van der Waals surface area contributed by atoms with Gasteiger partial charge in [-0.25, -0.2) is 4.79 Å². The molecule has 0 aliphatic heterocycles. The summed E-state index contributed by atoms with van der Waals surface area (Å²) in [5, 5.41) is 7.19. The van der Waals surface area contributed by atoms with E-state index in [2.05, 4.69) is 10.6 Å². The standard InChI is InChI=1S/C20H16N2O4S/c23-18(21-15-5-2-1-3-6-15)13-26-20(25)14-8-10-16(11-9-14)22-19(24)17-7-4-12-27-17/h1-12H,13H2,(H,21,23)(H,22,24). The Bertz CT molecular complexity index is 922. The van der Waals surface area contributed by atoms with E-state index < -0.39 is 11.9 Å². The second-order valence-corrected chi connectivity index (χ2v) is 6.45. The zero-order valence-electron chi connectivity index (χ0n) is 14.2. The number of carbonyl (C=O) groups excluding carboxylic acids is 3. The molecule has 136 valence electrons. The molecule has 0 radical (unpaired) electrons. The van der Waals surface area contributed by atoms with Crippen LogP contribution in [0.25, 0.3) is 0 Å². The van der Waals surface area contributed by atoms with Gasteiger partial charge in [-0.05, 0) is 47.8 Å². The minimum atomic E-state index is -0.616. The van der Waals surface area contributed by atoms with E-state index in [9.17, 15) is 14.4 Å². The maximum atomic E-state index is 12.0. The smallest absolute Gasteiger partial charge is 0.338 e. The van der Waals surface area contributed by atoms with Gasteiger partial charge >= 0.3 is 5.97 Å². The molecule has 0 fully saturated rings. The predicted molar refractivity (Wildman–Crippen MR) is 104 cm³/mol. The normalized spacial score (nSPS) is 10.1. The molecule has 7 heteroatoms. The molecule has 0 saturated heterocycles. The number of nitrogens with one attached hydrogen (secondary N) is 2. The quantitative estimate of drug-likeness (QED) is 0.637. The third-order valence-corrected chi connectivity index (χ3v) is 4.38. The number of rotatable bonds is 6. The van der Waals surface area contributed by atoms with Crippen molar-refractivity contribution >= 4 is 40.5 Å². The Morgan fingerprint density at radius 1 is 0.815 bits per heavy atom. The highest BCUT2D eigenvalue weighted by atomic mass is 32.1. The number of benzene rings is 2. The van der Waals surface area contributed by atoms with Crippen molar-refractivity contribution in [1.29, 1.82) is 0 Å². The van der Waals surface area contributed by atoms with Crippen LogP contribution in [0.15, 0.2) is 72.1 Å². The number of hydrogen-bond acceptors (Lipinski definition) is 5. The van der Waals surface area contributed by atoms with Gasteiger partial charge < -0.3 is 15.4 Å². The summed E-state index contributed by atoms with van der Waals surface area (Å²) in [5.74, 6) is -1.25. The Morgan fingerprint density at radius 3 is 2.19 bits per heavy atom. The Kier molecular flexibility index (Phi) is 5.96. The Hall–Kier alpha value is -3.45. The van der Waals surface area contributed by atoms with Crippen molar-refractivity contribution in [2.24, 2.45) is 0 Å². The molecule has 2 aromatic carbocycles. The third-order valence-electron chi connectivity index (χ3n) is 3.52. The van der Waals surface area contributed by atoms with E-state index >= 15 is 0 Å². The summed E-state index contributed by atoms with van der Waals surface area (Å²) < 4.78 is 5.01. The molecule has 0 aliphatic carbocycles. The largest absolute Gasteiger partial charge is 0.452 e. The van der Waals surface area contributed by atoms with E-state index in [1.807, 2.05) is 11.4 Å². The number of ether oxygens (including phenoxy) is 1. The van der Waals surface area contributed by atoms with Crippen LogP contribution in [0.5, 0.6) is 0 Å². The minimum absolute atomic E-state index is 0.210. The molecule has 0 unspecified atom stereocenters. The molecule has 0 saturated carbocycles. The summed E-state index contributed by atoms with van der Waals surface area (Å²) in [4.78, 5) is 36.4. The van der Waals surface area contributed by atoms with Gasteiger partial charge in [0.05, 0.1) is 10.4 Å². The number of anilines is 2. The summed E-state index contributed by atoms with van der Waals surface area (Å²) in [6.45, 7) is -0.384. The number of thiophene rings is 1. The lowest BCUT2D eigenvalue weighted by Gasteiger charge is -2.07.